The van der Waals surface area contributed by atoms with E-state index in [9.17, 15) is 26.3 Å². The Balaban J connectivity index is 0.00000225. The van der Waals surface area contributed by atoms with E-state index in [4.69, 9.17) is 0 Å². The summed E-state index contributed by atoms with van der Waals surface area (Å²) in [5.41, 5.74) is -2.82. The van der Waals surface area contributed by atoms with E-state index in [-0.39, 0.29) is 29.4 Å². The Morgan fingerprint density at radius 3 is 1.81 bits per heavy atom. The Kier molecular flexibility index (Phi) is 4.99. The van der Waals surface area contributed by atoms with Crippen molar-refractivity contribution in [2.24, 2.45) is 0 Å². The summed E-state index contributed by atoms with van der Waals surface area (Å²) >= 11 is 2.54. The molecule has 1 aromatic carbocycles. The van der Waals surface area contributed by atoms with E-state index in [1.165, 1.54) is 0 Å². The van der Waals surface area contributed by atoms with Crippen LogP contribution in [0.1, 0.15) is 11.1 Å². The van der Waals surface area contributed by atoms with Crippen LogP contribution in [0.4, 0.5) is 26.3 Å². The maximum absolute atomic E-state index is 12.1. The number of rotatable bonds is 0. The van der Waals surface area contributed by atoms with E-state index in [0.717, 1.165) is 0 Å². The molecule has 0 aliphatic heterocycles. The van der Waals surface area contributed by atoms with E-state index in [1.807, 2.05) is 0 Å². The fourth-order valence-electron chi connectivity index (χ4n) is 0.851. The van der Waals surface area contributed by atoms with Crippen molar-refractivity contribution in [2.75, 3.05) is 0 Å². The standard InChI is InChI=1S/C8H2BrF6.Li/c9-6-2-4(7(10,11)12)1-5(3-6)8(13,14)15;/h1-2H;/q-1;+1. The first-order valence-corrected chi connectivity index (χ1v) is 4.27. The Hall–Kier alpha value is -0.123. The number of halogens is 7. The van der Waals surface area contributed by atoms with Crippen LogP contribution in [0.5, 0.6) is 0 Å². The van der Waals surface area contributed by atoms with Crippen LogP contribution in [0.15, 0.2) is 16.6 Å². The van der Waals surface area contributed by atoms with Crippen molar-refractivity contribution in [1.82, 2.24) is 0 Å². The van der Waals surface area contributed by atoms with Gasteiger partial charge in [-0.3, -0.25) is 0 Å². The zero-order valence-corrected chi connectivity index (χ0v) is 9.39. The minimum Gasteiger partial charge on any atom is -0.168 e. The molecule has 0 heterocycles. The summed E-state index contributed by atoms with van der Waals surface area (Å²) in [7, 11) is 0. The van der Waals surface area contributed by atoms with Gasteiger partial charge in [0.1, 0.15) is 0 Å². The van der Waals surface area contributed by atoms with Crippen molar-refractivity contribution < 1.29 is 45.2 Å². The van der Waals surface area contributed by atoms with E-state index < -0.39 is 23.5 Å². The molecule has 0 saturated heterocycles. The van der Waals surface area contributed by atoms with Gasteiger partial charge < -0.3 is 0 Å². The molecule has 0 fully saturated rings. The third kappa shape index (κ3) is 4.04. The number of alkyl halides is 6. The number of hydrogen-bond donors (Lipinski definition) is 0. The van der Waals surface area contributed by atoms with E-state index in [0.29, 0.717) is 6.07 Å². The van der Waals surface area contributed by atoms with Gasteiger partial charge in [-0.25, -0.2) is 0 Å². The van der Waals surface area contributed by atoms with Gasteiger partial charge in [-0.15, -0.1) is 12.1 Å². The Labute approximate surface area is 107 Å². The Bertz CT molecular complexity index is 338. The molecule has 0 bridgehead atoms. The first-order chi connectivity index (χ1) is 6.60. The van der Waals surface area contributed by atoms with Crippen LogP contribution in [-0.4, -0.2) is 0 Å². The van der Waals surface area contributed by atoms with Gasteiger partial charge >= 0.3 is 31.2 Å². The number of benzene rings is 1. The third-order valence-electron chi connectivity index (χ3n) is 1.47. The summed E-state index contributed by atoms with van der Waals surface area (Å²) in [6, 6.07) is 2.31. The van der Waals surface area contributed by atoms with Crippen LogP contribution >= 0.6 is 15.9 Å². The van der Waals surface area contributed by atoms with Gasteiger partial charge in [0.05, 0.1) is 0 Å². The van der Waals surface area contributed by atoms with Gasteiger partial charge in [0, 0.05) is 0 Å². The molecule has 0 radical (unpaired) electrons. The second-order valence-electron chi connectivity index (χ2n) is 2.63. The second-order valence-corrected chi connectivity index (χ2v) is 3.48. The van der Waals surface area contributed by atoms with Gasteiger partial charge in [0.25, 0.3) is 0 Å². The molecule has 0 saturated carbocycles. The van der Waals surface area contributed by atoms with Crippen molar-refractivity contribution in [1.29, 1.82) is 0 Å². The van der Waals surface area contributed by atoms with Crippen LogP contribution < -0.4 is 18.9 Å². The van der Waals surface area contributed by atoms with Crippen LogP contribution in [0.3, 0.4) is 0 Å². The molecule has 0 spiro atoms. The van der Waals surface area contributed by atoms with Crippen molar-refractivity contribution in [3.05, 3.63) is 33.8 Å². The summed E-state index contributed by atoms with van der Waals surface area (Å²) in [5, 5.41) is 0. The molecule has 0 N–H and O–H groups in total. The predicted molar refractivity (Wildman–Crippen MR) is 43.0 cm³/mol. The molecule has 0 nitrogen and oxygen atoms in total. The first kappa shape index (κ1) is 15.9. The molecular weight excluding hydrogens is 297 g/mol. The zero-order chi connectivity index (χ0) is 11.9. The second kappa shape index (κ2) is 5.03. The van der Waals surface area contributed by atoms with Gasteiger partial charge in [-0.1, -0.05) is 31.5 Å². The zero-order valence-electron chi connectivity index (χ0n) is 7.80. The molecule has 16 heavy (non-hydrogen) atoms. The molecular formula is C8H2BrF6Li. The third-order valence-corrected chi connectivity index (χ3v) is 1.90. The van der Waals surface area contributed by atoms with Gasteiger partial charge in [0.15, 0.2) is 0 Å². The maximum Gasteiger partial charge on any atom is 1.00 e. The summed E-state index contributed by atoms with van der Waals surface area (Å²) in [4.78, 5) is 0. The average Bonchev–Trinajstić information content (AvgIpc) is 1.99. The molecule has 0 unspecified atom stereocenters. The van der Waals surface area contributed by atoms with Gasteiger partial charge in [-0.2, -0.15) is 32.4 Å². The monoisotopic (exact) mass is 298 g/mol. The topological polar surface area (TPSA) is 0 Å². The SMILES string of the molecule is FC(F)(F)c1[c-]c(Br)cc(C(F)(F)F)c1.[Li+]. The van der Waals surface area contributed by atoms with Crippen molar-refractivity contribution in [3.8, 4) is 0 Å². The molecule has 8 heteroatoms. The normalized spacial score (nSPS) is 12.2. The molecule has 0 aromatic heterocycles. The fourth-order valence-corrected chi connectivity index (χ4v) is 1.31. The van der Waals surface area contributed by atoms with Crippen LogP contribution in [0, 0.1) is 6.07 Å². The summed E-state index contributed by atoms with van der Waals surface area (Å²) in [5.74, 6) is 0. The molecule has 1 aromatic rings. The van der Waals surface area contributed by atoms with Crippen molar-refractivity contribution in [3.63, 3.8) is 0 Å². The molecule has 84 valence electrons. The molecule has 0 amide bonds. The van der Waals surface area contributed by atoms with E-state index in [1.54, 1.807) is 6.07 Å². The Morgan fingerprint density at radius 2 is 1.44 bits per heavy atom. The van der Waals surface area contributed by atoms with Gasteiger partial charge in [-0.05, 0) is 0 Å². The first-order valence-electron chi connectivity index (χ1n) is 3.48. The minimum absolute atomic E-state index is 0. The predicted octanol–water partition coefficient (Wildman–Crippen LogP) is 1.29. The summed E-state index contributed by atoms with van der Waals surface area (Å²) < 4.78 is 72.4. The minimum atomic E-state index is -4.84. The van der Waals surface area contributed by atoms with Crippen molar-refractivity contribution in [2.45, 2.75) is 12.4 Å². The Morgan fingerprint density at radius 1 is 0.938 bits per heavy atom. The summed E-state index contributed by atoms with van der Waals surface area (Å²) in [6.07, 6.45) is -9.65. The largest absolute Gasteiger partial charge is 1.00 e. The van der Waals surface area contributed by atoms with Crippen LogP contribution in [-0.2, 0) is 12.4 Å². The maximum atomic E-state index is 12.1. The fraction of sp³-hybridized carbons (Fsp3) is 0.250. The van der Waals surface area contributed by atoms with Crippen molar-refractivity contribution >= 4 is 15.9 Å². The molecule has 0 aliphatic rings. The van der Waals surface area contributed by atoms with E-state index in [2.05, 4.69) is 15.9 Å². The number of hydrogen-bond acceptors (Lipinski definition) is 0. The smallest absolute Gasteiger partial charge is 0.168 e. The van der Waals surface area contributed by atoms with Crippen LogP contribution in [0.25, 0.3) is 0 Å². The molecule has 0 aliphatic carbocycles. The average molecular weight is 299 g/mol. The van der Waals surface area contributed by atoms with E-state index >= 15 is 0 Å². The summed E-state index contributed by atoms with van der Waals surface area (Å²) in [6.45, 7) is 0. The van der Waals surface area contributed by atoms with Crippen LogP contribution in [0.2, 0.25) is 0 Å². The van der Waals surface area contributed by atoms with Gasteiger partial charge in [0.2, 0.25) is 0 Å². The molecule has 1 rings (SSSR count). The quantitative estimate of drug-likeness (QED) is 0.385. The molecule has 0 atom stereocenters.